The first-order valence-corrected chi connectivity index (χ1v) is 6.40. The minimum Gasteiger partial charge on any atom is -0.390 e. The molecule has 1 aromatic carbocycles. The van der Waals surface area contributed by atoms with Crippen LogP contribution in [0, 0.1) is 0 Å². The predicted octanol–water partition coefficient (Wildman–Crippen LogP) is 0.763. The molecule has 0 radical (unpaired) electrons. The Hall–Kier alpha value is -2.40. The number of nitrogens with one attached hydrogen (secondary N) is 2. The van der Waals surface area contributed by atoms with E-state index >= 15 is 0 Å². The number of fused-ring (bicyclic) bond motifs is 1. The predicted molar refractivity (Wildman–Crippen MR) is 73.4 cm³/mol. The van der Waals surface area contributed by atoms with Gasteiger partial charge in [0.05, 0.1) is 12.1 Å². The van der Waals surface area contributed by atoms with Crippen LogP contribution in [-0.4, -0.2) is 22.1 Å². The number of aliphatic hydroxyl groups is 1. The van der Waals surface area contributed by atoms with E-state index in [0.29, 0.717) is 6.42 Å². The molecule has 0 fully saturated rings. The molecule has 1 amide bonds. The van der Waals surface area contributed by atoms with Crippen molar-refractivity contribution < 1.29 is 9.90 Å². The number of rotatable bonds is 2. The minimum absolute atomic E-state index is 0.283. The molecule has 5 heteroatoms. The van der Waals surface area contributed by atoms with Crippen LogP contribution >= 0.6 is 0 Å². The van der Waals surface area contributed by atoms with Crippen molar-refractivity contribution >= 4 is 5.91 Å². The zero-order valence-electron chi connectivity index (χ0n) is 10.7. The summed E-state index contributed by atoms with van der Waals surface area (Å²) in [5, 5.41) is 12.9. The second-order valence-corrected chi connectivity index (χ2v) is 4.86. The fraction of sp³-hybridized carbons (Fsp3) is 0.200. The van der Waals surface area contributed by atoms with Gasteiger partial charge in [-0.25, -0.2) is 0 Å². The van der Waals surface area contributed by atoms with Crippen LogP contribution in [0.25, 0.3) is 0 Å². The third-order valence-corrected chi connectivity index (χ3v) is 3.53. The van der Waals surface area contributed by atoms with Crippen LogP contribution in [0.3, 0.4) is 0 Å². The first kappa shape index (κ1) is 12.6. The molecule has 20 heavy (non-hydrogen) atoms. The van der Waals surface area contributed by atoms with E-state index in [2.05, 4.69) is 10.3 Å². The molecule has 1 aliphatic carbocycles. The fourth-order valence-corrected chi connectivity index (χ4v) is 2.56. The maximum absolute atomic E-state index is 12.1. The third-order valence-electron chi connectivity index (χ3n) is 3.53. The van der Waals surface area contributed by atoms with Gasteiger partial charge in [0, 0.05) is 24.2 Å². The summed E-state index contributed by atoms with van der Waals surface area (Å²) in [5.41, 5.74) is 1.92. The molecule has 1 aliphatic rings. The van der Waals surface area contributed by atoms with E-state index in [4.69, 9.17) is 0 Å². The molecule has 2 aromatic rings. The molecule has 1 aromatic heterocycles. The van der Waals surface area contributed by atoms with E-state index in [9.17, 15) is 14.7 Å². The number of benzene rings is 1. The van der Waals surface area contributed by atoms with E-state index < -0.39 is 12.1 Å². The number of aliphatic hydroxyl groups excluding tert-OH is 1. The number of carbonyl (C=O) groups is 1. The summed E-state index contributed by atoms with van der Waals surface area (Å²) in [6.07, 6.45) is 1.31. The summed E-state index contributed by atoms with van der Waals surface area (Å²) in [6.45, 7) is 0. The number of H-pyrrole nitrogens is 1. The largest absolute Gasteiger partial charge is 0.390 e. The van der Waals surface area contributed by atoms with Crippen LogP contribution < -0.4 is 10.9 Å². The van der Waals surface area contributed by atoms with Crippen LogP contribution in [-0.2, 0) is 6.42 Å². The van der Waals surface area contributed by atoms with E-state index in [1.165, 1.54) is 18.3 Å². The lowest BCUT2D eigenvalue weighted by Gasteiger charge is -2.17. The molecule has 0 spiro atoms. The molecule has 102 valence electrons. The van der Waals surface area contributed by atoms with E-state index in [-0.39, 0.29) is 17.0 Å². The Morgan fingerprint density at radius 3 is 2.90 bits per heavy atom. The highest BCUT2D eigenvalue weighted by Crippen LogP contribution is 2.31. The van der Waals surface area contributed by atoms with E-state index in [0.717, 1.165) is 11.1 Å². The Morgan fingerprint density at radius 1 is 1.30 bits per heavy atom. The highest BCUT2D eigenvalue weighted by Gasteiger charge is 2.31. The van der Waals surface area contributed by atoms with Crippen molar-refractivity contribution in [2.24, 2.45) is 0 Å². The van der Waals surface area contributed by atoms with Crippen molar-refractivity contribution in [2.45, 2.75) is 18.6 Å². The van der Waals surface area contributed by atoms with Crippen LogP contribution in [0.15, 0.2) is 47.4 Å². The molecule has 1 heterocycles. The average Bonchev–Trinajstić information content (AvgIpc) is 2.75. The molecule has 0 saturated carbocycles. The van der Waals surface area contributed by atoms with Crippen molar-refractivity contribution in [1.82, 2.24) is 10.3 Å². The normalized spacial score (nSPS) is 20.4. The lowest BCUT2D eigenvalue weighted by atomic mass is 10.1. The summed E-state index contributed by atoms with van der Waals surface area (Å²) >= 11 is 0. The molecule has 3 rings (SSSR count). The van der Waals surface area contributed by atoms with Crippen LogP contribution in [0.2, 0.25) is 0 Å². The number of aromatic nitrogens is 1. The van der Waals surface area contributed by atoms with Gasteiger partial charge in [-0.2, -0.15) is 0 Å². The minimum atomic E-state index is -0.640. The Morgan fingerprint density at radius 2 is 2.10 bits per heavy atom. The maximum Gasteiger partial charge on any atom is 0.252 e. The smallest absolute Gasteiger partial charge is 0.252 e. The third kappa shape index (κ3) is 2.23. The van der Waals surface area contributed by atoms with Crippen molar-refractivity contribution in [1.29, 1.82) is 0 Å². The fourth-order valence-electron chi connectivity index (χ4n) is 2.56. The number of pyridine rings is 1. The Bertz CT molecular complexity index is 708. The summed E-state index contributed by atoms with van der Waals surface area (Å²) in [7, 11) is 0. The van der Waals surface area contributed by atoms with Crippen molar-refractivity contribution in [3.8, 4) is 0 Å². The lowest BCUT2D eigenvalue weighted by molar-refractivity contribution is 0.0858. The number of amides is 1. The molecule has 0 unspecified atom stereocenters. The molecular weight excluding hydrogens is 256 g/mol. The Labute approximate surface area is 115 Å². The Balaban J connectivity index is 1.85. The summed E-state index contributed by atoms with van der Waals surface area (Å²) in [5.74, 6) is -0.364. The SMILES string of the molecule is O=C(N[C@H]1c2ccccc2C[C@H]1O)c1cc[nH]c(=O)c1. The second-order valence-electron chi connectivity index (χ2n) is 4.86. The van der Waals surface area contributed by atoms with Gasteiger partial charge in [0.1, 0.15) is 0 Å². The van der Waals surface area contributed by atoms with Crippen LogP contribution in [0.4, 0.5) is 0 Å². The van der Waals surface area contributed by atoms with Crippen molar-refractivity contribution in [3.63, 3.8) is 0 Å². The van der Waals surface area contributed by atoms with Gasteiger partial charge in [-0.05, 0) is 17.2 Å². The summed E-state index contributed by atoms with van der Waals surface area (Å²) in [6, 6.07) is 9.96. The van der Waals surface area contributed by atoms with Gasteiger partial charge in [0.2, 0.25) is 5.56 Å². The van der Waals surface area contributed by atoms with E-state index in [1.54, 1.807) is 0 Å². The van der Waals surface area contributed by atoms with Gasteiger partial charge in [0.25, 0.3) is 5.91 Å². The number of aromatic amines is 1. The lowest BCUT2D eigenvalue weighted by Crippen LogP contribution is -2.34. The zero-order valence-corrected chi connectivity index (χ0v) is 10.7. The van der Waals surface area contributed by atoms with E-state index in [1.807, 2.05) is 24.3 Å². The summed E-state index contributed by atoms with van der Waals surface area (Å²) < 4.78 is 0. The highest BCUT2D eigenvalue weighted by atomic mass is 16.3. The maximum atomic E-state index is 12.1. The second kappa shape index (κ2) is 4.94. The number of hydrogen-bond donors (Lipinski definition) is 3. The molecule has 3 N–H and O–H groups in total. The van der Waals surface area contributed by atoms with Gasteiger partial charge in [-0.1, -0.05) is 24.3 Å². The van der Waals surface area contributed by atoms with Gasteiger partial charge in [-0.3, -0.25) is 9.59 Å². The van der Waals surface area contributed by atoms with Gasteiger partial charge in [-0.15, -0.1) is 0 Å². The zero-order chi connectivity index (χ0) is 14.1. The first-order chi connectivity index (χ1) is 9.65. The molecule has 2 atom stereocenters. The summed E-state index contributed by atoms with van der Waals surface area (Å²) in [4.78, 5) is 25.8. The molecule has 0 saturated heterocycles. The van der Waals surface area contributed by atoms with Gasteiger partial charge >= 0.3 is 0 Å². The van der Waals surface area contributed by atoms with Crippen LogP contribution in [0.1, 0.15) is 27.5 Å². The molecule has 5 nitrogen and oxygen atoms in total. The standard InChI is InChI=1S/C15H14N2O3/c18-12-7-9-3-1-2-4-11(9)14(12)17-15(20)10-5-6-16-13(19)8-10/h1-6,8,12,14,18H,7H2,(H,16,19)(H,17,20)/t12-,14+/m1/s1. The molecular formula is C15H14N2O3. The topological polar surface area (TPSA) is 82.2 Å². The Kier molecular flexibility index (Phi) is 3.12. The van der Waals surface area contributed by atoms with Gasteiger partial charge in [0.15, 0.2) is 0 Å². The molecule has 0 bridgehead atoms. The monoisotopic (exact) mass is 270 g/mol. The van der Waals surface area contributed by atoms with Gasteiger partial charge < -0.3 is 15.4 Å². The highest BCUT2D eigenvalue weighted by molar-refractivity contribution is 5.94. The quantitative estimate of drug-likeness (QED) is 0.753. The number of carbonyl (C=O) groups excluding carboxylic acids is 1. The van der Waals surface area contributed by atoms with Crippen LogP contribution in [0.5, 0.6) is 0 Å². The first-order valence-electron chi connectivity index (χ1n) is 6.40. The average molecular weight is 270 g/mol. The van der Waals surface area contributed by atoms with Crippen molar-refractivity contribution in [3.05, 3.63) is 69.6 Å². The molecule has 0 aliphatic heterocycles. The van der Waals surface area contributed by atoms with Crippen molar-refractivity contribution in [2.75, 3.05) is 0 Å². The number of hydrogen-bond acceptors (Lipinski definition) is 3.